The lowest BCUT2D eigenvalue weighted by Gasteiger charge is -2.34. The molecule has 0 saturated carbocycles. The van der Waals surface area contributed by atoms with Crippen LogP contribution >= 0.6 is 24.8 Å². The van der Waals surface area contributed by atoms with Crippen LogP contribution in [0.15, 0.2) is 0 Å². The summed E-state index contributed by atoms with van der Waals surface area (Å²) in [4.78, 5) is 15.6. The van der Waals surface area contributed by atoms with E-state index < -0.39 is 0 Å². The molecule has 0 aromatic heterocycles. The van der Waals surface area contributed by atoms with Crippen molar-refractivity contribution in [2.75, 3.05) is 39.3 Å². The average molecular weight is 258 g/mol. The first-order valence-corrected chi connectivity index (χ1v) is 4.98. The molecule has 0 aliphatic carbocycles. The van der Waals surface area contributed by atoms with Crippen LogP contribution in [-0.2, 0) is 4.79 Å². The molecule has 0 bridgehead atoms. The molecule has 2 N–H and O–H groups in total. The zero-order chi connectivity index (χ0) is 9.68. The van der Waals surface area contributed by atoms with Gasteiger partial charge in [0.1, 0.15) is 0 Å². The lowest BCUT2D eigenvalue weighted by molar-refractivity contribution is -0.132. The highest BCUT2D eigenvalue weighted by atomic mass is 35.5. The third kappa shape index (κ3) is 5.56. The van der Waals surface area contributed by atoms with Gasteiger partial charge in [-0.05, 0) is 0 Å². The van der Waals surface area contributed by atoms with Gasteiger partial charge in [-0.25, -0.2) is 0 Å². The monoisotopic (exact) mass is 257 g/mol. The van der Waals surface area contributed by atoms with E-state index in [0.717, 1.165) is 32.7 Å². The first-order valence-electron chi connectivity index (χ1n) is 4.98. The molecular formula is C9H21Cl2N3O. The van der Waals surface area contributed by atoms with Crippen LogP contribution in [-0.4, -0.2) is 55.0 Å². The summed E-state index contributed by atoms with van der Waals surface area (Å²) in [7, 11) is 0. The number of nitrogens with two attached hydrogens (primary N) is 1. The number of nitrogens with zero attached hydrogens (tertiary/aromatic N) is 2. The van der Waals surface area contributed by atoms with Crippen molar-refractivity contribution >= 4 is 30.7 Å². The van der Waals surface area contributed by atoms with E-state index in [-0.39, 0.29) is 30.7 Å². The Balaban J connectivity index is 0. The van der Waals surface area contributed by atoms with Gasteiger partial charge in [0, 0.05) is 45.7 Å². The molecule has 15 heavy (non-hydrogen) atoms. The Bertz CT molecular complexity index is 173. The predicted molar refractivity (Wildman–Crippen MR) is 66.9 cm³/mol. The minimum atomic E-state index is 0. The van der Waals surface area contributed by atoms with Crippen LogP contribution in [0.3, 0.4) is 0 Å². The lowest BCUT2D eigenvalue weighted by Crippen LogP contribution is -2.49. The van der Waals surface area contributed by atoms with Gasteiger partial charge >= 0.3 is 0 Å². The predicted octanol–water partition coefficient (Wildman–Crippen LogP) is 0.343. The van der Waals surface area contributed by atoms with Crippen molar-refractivity contribution in [3.63, 3.8) is 0 Å². The smallest absolute Gasteiger partial charge is 0.222 e. The molecule has 0 aromatic rings. The van der Waals surface area contributed by atoms with E-state index in [0.29, 0.717) is 13.0 Å². The second kappa shape index (κ2) is 9.21. The molecule has 1 aliphatic heterocycles. The first-order chi connectivity index (χ1) is 6.27. The molecule has 0 spiro atoms. The van der Waals surface area contributed by atoms with Crippen molar-refractivity contribution in [3.05, 3.63) is 0 Å². The standard InChI is InChI=1S/C9H19N3O.2ClH/c1-2-9(13)12-7-5-11(4-3-10)6-8-12;;/h2-8,10H2,1H3;2*1H. The number of hydrogen-bond donors (Lipinski definition) is 1. The zero-order valence-corrected chi connectivity index (χ0v) is 10.8. The quantitative estimate of drug-likeness (QED) is 0.794. The number of carbonyl (C=O) groups is 1. The Morgan fingerprint density at radius 3 is 2.13 bits per heavy atom. The second-order valence-corrected chi connectivity index (χ2v) is 3.36. The summed E-state index contributed by atoms with van der Waals surface area (Å²) in [5.41, 5.74) is 5.46. The van der Waals surface area contributed by atoms with Crippen LogP contribution in [0, 0.1) is 0 Å². The maximum Gasteiger partial charge on any atom is 0.222 e. The maximum absolute atomic E-state index is 11.3. The van der Waals surface area contributed by atoms with E-state index in [1.54, 1.807) is 0 Å². The van der Waals surface area contributed by atoms with Crippen LogP contribution < -0.4 is 5.73 Å². The fourth-order valence-corrected chi connectivity index (χ4v) is 1.63. The van der Waals surface area contributed by atoms with Crippen LogP contribution in [0.25, 0.3) is 0 Å². The van der Waals surface area contributed by atoms with E-state index in [1.807, 2.05) is 11.8 Å². The van der Waals surface area contributed by atoms with Gasteiger partial charge in [0.2, 0.25) is 5.91 Å². The van der Waals surface area contributed by atoms with Crippen molar-refractivity contribution < 1.29 is 4.79 Å². The summed E-state index contributed by atoms with van der Waals surface area (Å²) in [6, 6.07) is 0. The molecule has 0 atom stereocenters. The Labute approximate surface area is 104 Å². The maximum atomic E-state index is 11.3. The van der Waals surface area contributed by atoms with Crippen LogP contribution in [0.1, 0.15) is 13.3 Å². The van der Waals surface area contributed by atoms with Gasteiger partial charge in [-0.2, -0.15) is 0 Å². The second-order valence-electron chi connectivity index (χ2n) is 3.36. The summed E-state index contributed by atoms with van der Waals surface area (Å²) in [6.07, 6.45) is 0.622. The zero-order valence-electron chi connectivity index (χ0n) is 9.15. The van der Waals surface area contributed by atoms with E-state index >= 15 is 0 Å². The van der Waals surface area contributed by atoms with Gasteiger partial charge in [-0.3, -0.25) is 9.69 Å². The lowest BCUT2D eigenvalue weighted by atomic mass is 10.3. The minimum Gasteiger partial charge on any atom is -0.340 e. The third-order valence-corrected chi connectivity index (χ3v) is 2.47. The summed E-state index contributed by atoms with van der Waals surface area (Å²) in [5, 5.41) is 0. The third-order valence-electron chi connectivity index (χ3n) is 2.47. The Hall–Kier alpha value is -0.0300. The molecule has 92 valence electrons. The molecule has 0 radical (unpaired) electrons. The molecule has 1 fully saturated rings. The van der Waals surface area contributed by atoms with Crippen molar-refractivity contribution in [3.8, 4) is 0 Å². The molecule has 0 unspecified atom stereocenters. The highest BCUT2D eigenvalue weighted by molar-refractivity contribution is 5.85. The van der Waals surface area contributed by atoms with E-state index in [4.69, 9.17) is 5.73 Å². The van der Waals surface area contributed by atoms with Gasteiger partial charge in [0.25, 0.3) is 0 Å². The molecule has 6 heteroatoms. The van der Waals surface area contributed by atoms with Gasteiger partial charge in [-0.15, -0.1) is 24.8 Å². The molecule has 1 aliphatic rings. The highest BCUT2D eigenvalue weighted by Crippen LogP contribution is 2.02. The Kier molecular flexibility index (Phi) is 10.7. The Morgan fingerprint density at radius 1 is 1.20 bits per heavy atom. The fourth-order valence-electron chi connectivity index (χ4n) is 1.63. The van der Waals surface area contributed by atoms with Gasteiger partial charge in [0.15, 0.2) is 0 Å². The molecule has 1 saturated heterocycles. The first kappa shape index (κ1) is 17.4. The molecule has 4 nitrogen and oxygen atoms in total. The molecular weight excluding hydrogens is 237 g/mol. The number of rotatable bonds is 3. The SMILES string of the molecule is CCC(=O)N1CCN(CCN)CC1.Cl.Cl. The highest BCUT2D eigenvalue weighted by Gasteiger charge is 2.18. The van der Waals surface area contributed by atoms with Crippen LogP contribution in [0.4, 0.5) is 0 Å². The number of amides is 1. The molecule has 1 amide bonds. The summed E-state index contributed by atoms with van der Waals surface area (Å²) >= 11 is 0. The largest absolute Gasteiger partial charge is 0.340 e. The molecule has 0 aromatic carbocycles. The number of hydrogen-bond acceptors (Lipinski definition) is 3. The van der Waals surface area contributed by atoms with E-state index in [9.17, 15) is 4.79 Å². The average Bonchev–Trinajstić information content (AvgIpc) is 2.18. The summed E-state index contributed by atoms with van der Waals surface area (Å²) in [5.74, 6) is 0.271. The van der Waals surface area contributed by atoms with Gasteiger partial charge in [-0.1, -0.05) is 6.92 Å². The Morgan fingerprint density at radius 2 is 1.73 bits per heavy atom. The topological polar surface area (TPSA) is 49.6 Å². The normalized spacial score (nSPS) is 16.5. The summed E-state index contributed by atoms with van der Waals surface area (Å²) < 4.78 is 0. The van der Waals surface area contributed by atoms with E-state index in [2.05, 4.69) is 4.90 Å². The molecule has 1 heterocycles. The van der Waals surface area contributed by atoms with Crippen LogP contribution in [0.2, 0.25) is 0 Å². The van der Waals surface area contributed by atoms with Crippen molar-refractivity contribution in [2.24, 2.45) is 5.73 Å². The van der Waals surface area contributed by atoms with Gasteiger partial charge in [0.05, 0.1) is 0 Å². The summed E-state index contributed by atoms with van der Waals surface area (Å²) in [6.45, 7) is 7.26. The van der Waals surface area contributed by atoms with Crippen molar-refractivity contribution in [1.29, 1.82) is 0 Å². The van der Waals surface area contributed by atoms with Gasteiger partial charge < -0.3 is 10.6 Å². The van der Waals surface area contributed by atoms with Crippen molar-refractivity contribution in [1.82, 2.24) is 9.80 Å². The van der Waals surface area contributed by atoms with Crippen molar-refractivity contribution in [2.45, 2.75) is 13.3 Å². The minimum absolute atomic E-state index is 0. The number of piperazine rings is 1. The van der Waals surface area contributed by atoms with E-state index in [1.165, 1.54) is 0 Å². The fraction of sp³-hybridized carbons (Fsp3) is 0.889. The number of carbonyl (C=O) groups excluding carboxylic acids is 1. The number of halogens is 2. The van der Waals surface area contributed by atoms with Crippen LogP contribution in [0.5, 0.6) is 0 Å². The molecule has 1 rings (SSSR count).